The molecule has 0 saturated heterocycles. The van der Waals surface area contributed by atoms with E-state index in [0.717, 1.165) is 21.3 Å². The van der Waals surface area contributed by atoms with E-state index >= 15 is 0 Å². The van der Waals surface area contributed by atoms with Crippen LogP contribution >= 0.6 is 15.9 Å². The summed E-state index contributed by atoms with van der Waals surface area (Å²) in [4.78, 5) is 12.1. The van der Waals surface area contributed by atoms with Crippen molar-refractivity contribution in [1.29, 1.82) is 0 Å². The number of halogens is 2. The lowest BCUT2D eigenvalue weighted by Gasteiger charge is -2.19. The third-order valence-corrected chi connectivity index (χ3v) is 4.13. The summed E-state index contributed by atoms with van der Waals surface area (Å²) in [6.07, 6.45) is 0. The number of amides is 1. The summed E-state index contributed by atoms with van der Waals surface area (Å²) in [6, 6.07) is 11.6. The average Bonchev–Trinajstić information content (AvgIpc) is 2.75. The average molecular weight is 349 g/mol. The predicted octanol–water partition coefficient (Wildman–Crippen LogP) is 3.93. The first kappa shape index (κ1) is 14.2. The first-order chi connectivity index (χ1) is 10.0. The maximum absolute atomic E-state index is 13.0. The molecule has 3 nitrogen and oxygen atoms in total. The second kappa shape index (κ2) is 5.58. The topological polar surface area (TPSA) is 41.1 Å². The smallest absolute Gasteiger partial charge is 0.246 e. The highest BCUT2D eigenvalue weighted by Crippen LogP contribution is 2.34. The third kappa shape index (κ3) is 2.84. The van der Waals surface area contributed by atoms with Gasteiger partial charge in [-0.25, -0.2) is 4.39 Å². The second-order valence-electron chi connectivity index (χ2n) is 5.09. The van der Waals surface area contributed by atoms with E-state index in [2.05, 4.69) is 26.6 Å². The number of rotatable bonds is 3. The highest BCUT2D eigenvalue weighted by Gasteiger charge is 2.31. The fraction of sp³-hybridized carbons (Fsp3) is 0.188. The molecule has 2 N–H and O–H groups in total. The van der Waals surface area contributed by atoms with E-state index in [4.69, 9.17) is 0 Å². The Morgan fingerprint density at radius 1 is 1.24 bits per heavy atom. The van der Waals surface area contributed by atoms with Gasteiger partial charge in [-0.3, -0.25) is 10.1 Å². The summed E-state index contributed by atoms with van der Waals surface area (Å²) in [7, 11) is 0. The molecular formula is C16H14BrFN2O. The summed E-state index contributed by atoms with van der Waals surface area (Å²) in [6.45, 7) is 1.96. The molecule has 1 amide bonds. The molecular weight excluding hydrogens is 335 g/mol. The summed E-state index contributed by atoms with van der Waals surface area (Å²) in [5, 5.41) is 6.15. The van der Waals surface area contributed by atoms with Gasteiger partial charge in [-0.05, 0) is 36.8 Å². The normalized spacial score (nSPS) is 18.2. The number of hydrogen-bond acceptors (Lipinski definition) is 2. The van der Waals surface area contributed by atoms with Crippen LogP contribution in [0.2, 0.25) is 0 Å². The number of carbonyl (C=O) groups is 1. The zero-order valence-electron chi connectivity index (χ0n) is 11.4. The van der Waals surface area contributed by atoms with E-state index < -0.39 is 6.04 Å². The van der Waals surface area contributed by atoms with E-state index in [9.17, 15) is 9.18 Å². The van der Waals surface area contributed by atoms with Crippen LogP contribution in [0.5, 0.6) is 0 Å². The number of nitrogens with one attached hydrogen (secondary N) is 2. The van der Waals surface area contributed by atoms with Gasteiger partial charge in [0.25, 0.3) is 0 Å². The van der Waals surface area contributed by atoms with Crippen molar-refractivity contribution in [2.45, 2.75) is 19.0 Å². The lowest BCUT2D eigenvalue weighted by atomic mass is 10.0. The van der Waals surface area contributed by atoms with Gasteiger partial charge in [-0.15, -0.1) is 0 Å². The molecule has 2 unspecified atom stereocenters. The standard InChI is InChI=1S/C16H14BrFN2O/c1-9(10-2-5-12(18)6-3-10)19-15-13-7-4-11(17)8-14(13)20-16(15)21/h2-9,15,19H,1H3,(H,20,21). The number of fused-ring (bicyclic) bond motifs is 1. The van der Waals surface area contributed by atoms with E-state index in [0.29, 0.717) is 0 Å². The Balaban J connectivity index is 1.82. The maximum Gasteiger partial charge on any atom is 0.246 e. The molecule has 2 aromatic rings. The van der Waals surface area contributed by atoms with Crippen LogP contribution in [-0.4, -0.2) is 5.91 Å². The van der Waals surface area contributed by atoms with Gasteiger partial charge in [0, 0.05) is 21.8 Å². The van der Waals surface area contributed by atoms with Gasteiger partial charge < -0.3 is 5.32 Å². The van der Waals surface area contributed by atoms with Crippen LogP contribution in [0.4, 0.5) is 10.1 Å². The SMILES string of the molecule is CC(NC1C(=O)Nc2cc(Br)ccc21)c1ccc(F)cc1. The first-order valence-corrected chi connectivity index (χ1v) is 7.46. The van der Waals surface area contributed by atoms with Crippen molar-refractivity contribution in [2.75, 3.05) is 5.32 Å². The molecule has 0 spiro atoms. The second-order valence-corrected chi connectivity index (χ2v) is 6.01. The molecule has 21 heavy (non-hydrogen) atoms. The van der Waals surface area contributed by atoms with Gasteiger partial charge in [-0.2, -0.15) is 0 Å². The van der Waals surface area contributed by atoms with Crippen molar-refractivity contribution >= 4 is 27.5 Å². The van der Waals surface area contributed by atoms with Crippen LogP contribution in [0, 0.1) is 5.82 Å². The minimum Gasteiger partial charge on any atom is -0.324 e. The van der Waals surface area contributed by atoms with Crippen molar-refractivity contribution in [2.24, 2.45) is 0 Å². The number of carbonyl (C=O) groups excluding carboxylic acids is 1. The van der Waals surface area contributed by atoms with E-state index in [1.54, 1.807) is 12.1 Å². The van der Waals surface area contributed by atoms with Crippen molar-refractivity contribution in [1.82, 2.24) is 5.32 Å². The van der Waals surface area contributed by atoms with Gasteiger partial charge in [0.15, 0.2) is 0 Å². The monoisotopic (exact) mass is 348 g/mol. The summed E-state index contributed by atoms with van der Waals surface area (Å²) >= 11 is 3.39. The van der Waals surface area contributed by atoms with Crippen molar-refractivity contribution in [3.63, 3.8) is 0 Å². The molecule has 2 aromatic carbocycles. The lowest BCUT2D eigenvalue weighted by molar-refractivity contribution is -0.117. The molecule has 0 saturated carbocycles. The maximum atomic E-state index is 13.0. The molecule has 0 fully saturated rings. The number of hydrogen-bond donors (Lipinski definition) is 2. The van der Waals surface area contributed by atoms with Crippen LogP contribution in [0.25, 0.3) is 0 Å². The number of anilines is 1. The Bertz CT molecular complexity index is 687. The molecule has 3 rings (SSSR count). The molecule has 2 atom stereocenters. The molecule has 0 radical (unpaired) electrons. The Hall–Kier alpha value is -1.72. The van der Waals surface area contributed by atoms with E-state index in [-0.39, 0.29) is 17.8 Å². The van der Waals surface area contributed by atoms with E-state index in [1.165, 1.54) is 12.1 Å². The van der Waals surface area contributed by atoms with Crippen LogP contribution in [0.3, 0.4) is 0 Å². The first-order valence-electron chi connectivity index (χ1n) is 6.66. The number of benzene rings is 2. The van der Waals surface area contributed by atoms with Crippen LogP contribution in [0.1, 0.15) is 30.1 Å². The summed E-state index contributed by atoms with van der Waals surface area (Å²) in [5.74, 6) is -0.336. The minimum atomic E-state index is -0.395. The Morgan fingerprint density at radius 3 is 2.67 bits per heavy atom. The van der Waals surface area contributed by atoms with Gasteiger partial charge in [-0.1, -0.05) is 34.1 Å². The van der Waals surface area contributed by atoms with Crippen molar-refractivity contribution in [3.05, 3.63) is 63.9 Å². The zero-order valence-corrected chi connectivity index (χ0v) is 12.9. The molecule has 5 heteroatoms. The molecule has 1 aliphatic heterocycles. The Morgan fingerprint density at radius 2 is 1.95 bits per heavy atom. The van der Waals surface area contributed by atoms with Gasteiger partial charge in [0.2, 0.25) is 5.91 Å². The van der Waals surface area contributed by atoms with Gasteiger partial charge in [0.1, 0.15) is 11.9 Å². The highest BCUT2D eigenvalue weighted by atomic mass is 79.9. The van der Waals surface area contributed by atoms with Crippen molar-refractivity contribution < 1.29 is 9.18 Å². The van der Waals surface area contributed by atoms with Gasteiger partial charge >= 0.3 is 0 Å². The predicted molar refractivity (Wildman–Crippen MR) is 83.5 cm³/mol. The molecule has 0 bridgehead atoms. The fourth-order valence-corrected chi connectivity index (χ4v) is 2.86. The Labute approximate surface area is 130 Å². The molecule has 108 valence electrons. The third-order valence-electron chi connectivity index (χ3n) is 3.63. The van der Waals surface area contributed by atoms with Crippen LogP contribution in [-0.2, 0) is 4.79 Å². The quantitative estimate of drug-likeness (QED) is 0.882. The van der Waals surface area contributed by atoms with Gasteiger partial charge in [0.05, 0.1) is 0 Å². The summed E-state index contributed by atoms with van der Waals surface area (Å²) < 4.78 is 13.9. The zero-order chi connectivity index (χ0) is 15.0. The minimum absolute atomic E-state index is 0.0593. The largest absolute Gasteiger partial charge is 0.324 e. The molecule has 0 aliphatic carbocycles. The Kier molecular flexibility index (Phi) is 3.78. The van der Waals surface area contributed by atoms with E-state index in [1.807, 2.05) is 25.1 Å². The van der Waals surface area contributed by atoms with Crippen molar-refractivity contribution in [3.8, 4) is 0 Å². The van der Waals surface area contributed by atoms with Crippen LogP contribution < -0.4 is 10.6 Å². The highest BCUT2D eigenvalue weighted by molar-refractivity contribution is 9.10. The molecule has 1 heterocycles. The molecule has 0 aromatic heterocycles. The summed E-state index contributed by atoms with van der Waals surface area (Å²) in [5.41, 5.74) is 2.69. The van der Waals surface area contributed by atoms with Crippen LogP contribution in [0.15, 0.2) is 46.9 Å². The fourth-order valence-electron chi connectivity index (χ4n) is 2.50. The lowest BCUT2D eigenvalue weighted by Crippen LogP contribution is -2.29. The molecule has 1 aliphatic rings.